The van der Waals surface area contributed by atoms with Gasteiger partial charge in [-0.2, -0.15) is 0 Å². The molecular weight excluding hydrogens is 278 g/mol. The van der Waals surface area contributed by atoms with Crippen LogP contribution in [-0.4, -0.2) is 31.0 Å². The molecule has 0 aliphatic carbocycles. The Morgan fingerprint density at radius 2 is 2.14 bits per heavy atom. The average molecular weight is 297 g/mol. The number of aliphatic imine (C=N–C) groups is 1. The first kappa shape index (κ1) is 14.4. The molecule has 0 radical (unpaired) electrons. The van der Waals surface area contributed by atoms with Crippen molar-refractivity contribution in [2.24, 2.45) is 4.99 Å². The first-order valence-electron chi connectivity index (χ1n) is 7.37. The average Bonchev–Trinajstić information content (AvgIpc) is 2.61. The third-order valence-corrected chi connectivity index (χ3v) is 3.44. The van der Waals surface area contributed by atoms with Crippen LogP contribution in [0.1, 0.15) is 17.7 Å². The quantitative estimate of drug-likeness (QED) is 0.921. The van der Waals surface area contributed by atoms with Crippen LogP contribution < -0.4 is 14.8 Å². The van der Waals surface area contributed by atoms with Gasteiger partial charge < -0.3 is 14.8 Å². The zero-order chi connectivity index (χ0) is 15.2. The van der Waals surface area contributed by atoms with Gasteiger partial charge in [0.05, 0.1) is 18.4 Å². The van der Waals surface area contributed by atoms with Gasteiger partial charge in [-0.05, 0) is 30.7 Å². The van der Waals surface area contributed by atoms with E-state index in [1.165, 1.54) is 0 Å². The third kappa shape index (κ3) is 3.19. The molecule has 1 aliphatic heterocycles. The van der Waals surface area contributed by atoms with Crippen LogP contribution in [0.4, 0.5) is 0 Å². The molecule has 0 amide bonds. The Hall–Kier alpha value is -2.56. The normalized spacial score (nSPS) is 14.0. The number of nitrogens with one attached hydrogen (secondary N) is 1. The minimum absolute atomic E-state index is 0.390. The second kappa shape index (κ2) is 6.93. The minimum Gasteiger partial charge on any atom is -0.493 e. The molecule has 0 unspecified atom stereocenters. The van der Waals surface area contributed by atoms with Gasteiger partial charge in [0, 0.05) is 19.3 Å². The van der Waals surface area contributed by atoms with Crippen LogP contribution in [-0.2, 0) is 6.61 Å². The highest BCUT2D eigenvalue weighted by Gasteiger charge is 2.17. The maximum Gasteiger partial charge on any atom is 0.172 e. The van der Waals surface area contributed by atoms with E-state index in [4.69, 9.17) is 9.47 Å². The highest BCUT2D eigenvalue weighted by molar-refractivity contribution is 6.02. The van der Waals surface area contributed by atoms with E-state index < -0.39 is 0 Å². The van der Waals surface area contributed by atoms with Gasteiger partial charge in [0.2, 0.25) is 0 Å². The molecule has 2 heterocycles. The van der Waals surface area contributed by atoms with Gasteiger partial charge >= 0.3 is 0 Å². The lowest BCUT2D eigenvalue weighted by Gasteiger charge is -2.19. The predicted octanol–water partition coefficient (Wildman–Crippen LogP) is 2.41. The first-order valence-corrected chi connectivity index (χ1v) is 7.37. The summed E-state index contributed by atoms with van der Waals surface area (Å²) in [5.41, 5.74) is 1.80. The molecule has 5 heteroatoms. The van der Waals surface area contributed by atoms with Gasteiger partial charge in [0.15, 0.2) is 11.5 Å². The number of para-hydroxylation sites is 1. The van der Waals surface area contributed by atoms with Gasteiger partial charge in [0.1, 0.15) is 12.4 Å². The maximum absolute atomic E-state index is 5.99. The van der Waals surface area contributed by atoms with Crippen molar-refractivity contribution in [3.63, 3.8) is 0 Å². The number of hydrogen-bond donors (Lipinski definition) is 1. The summed E-state index contributed by atoms with van der Waals surface area (Å²) in [6.07, 6.45) is 2.81. The molecule has 0 atom stereocenters. The van der Waals surface area contributed by atoms with Crippen molar-refractivity contribution in [3.8, 4) is 11.5 Å². The fraction of sp³-hybridized carbons (Fsp3) is 0.294. The topological polar surface area (TPSA) is 55.7 Å². The molecule has 0 saturated carbocycles. The van der Waals surface area contributed by atoms with Crippen molar-refractivity contribution in [3.05, 3.63) is 53.9 Å². The van der Waals surface area contributed by atoms with E-state index in [1.807, 2.05) is 36.4 Å². The predicted molar refractivity (Wildman–Crippen MR) is 85.6 cm³/mol. The molecule has 0 fully saturated rings. The van der Waals surface area contributed by atoms with Gasteiger partial charge in [-0.1, -0.05) is 12.1 Å². The van der Waals surface area contributed by atoms with Gasteiger partial charge in [-0.3, -0.25) is 9.98 Å². The Balaban J connectivity index is 1.88. The van der Waals surface area contributed by atoms with E-state index in [0.29, 0.717) is 18.1 Å². The molecule has 3 rings (SSSR count). The Labute approximate surface area is 130 Å². The maximum atomic E-state index is 5.99. The first-order chi connectivity index (χ1) is 10.9. The zero-order valence-electron chi connectivity index (χ0n) is 12.6. The Morgan fingerprint density at radius 3 is 2.86 bits per heavy atom. The largest absolute Gasteiger partial charge is 0.493 e. The third-order valence-electron chi connectivity index (χ3n) is 3.44. The van der Waals surface area contributed by atoms with Gasteiger partial charge in [-0.15, -0.1) is 0 Å². The van der Waals surface area contributed by atoms with E-state index in [2.05, 4.69) is 15.3 Å². The van der Waals surface area contributed by atoms with Crippen molar-refractivity contribution in [1.29, 1.82) is 0 Å². The Kier molecular flexibility index (Phi) is 4.53. The number of nitrogens with zero attached hydrogens (tertiary/aromatic N) is 2. The van der Waals surface area contributed by atoms with Crippen molar-refractivity contribution < 1.29 is 9.47 Å². The SMILES string of the molecule is COc1cccc(C2=NCCCN2)c1OCc1ccccn1. The van der Waals surface area contributed by atoms with Crippen LogP contribution in [0, 0.1) is 0 Å². The molecule has 1 aromatic heterocycles. The molecule has 1 aliphatic rings. The summed E-state index contributed by atoms with van der Waals surface area (Å²) >= 11 is 0. The number of benzene rings is 1. The summed E-state index contributed by atoms with van der Waals surface area (Å²) in [5, 5.41) is 3.32. The summed E-state index contributed by atoms with van der Waals surface area (Å²) in [7, 11) is 1.64. The number of pyridine rings is 1. The summed E-state index contributed by atoms with van der Waals surface area (Å²) in [4.78, 5) is 8.82. The molecular formula is C17H19N3O2. The standard InChI is InChI=1S/C17H19N3O2/c1-21-15-8-4-7-14(17-19-10-5-11-20-17)16(15)22-12-13-6-2-3-9-18-13/h2-4,6-9H,5,10-12H2,1H3,(H,19,20). The highest BCUT2D eigenvalue weighted by atomic mass is 16.5. The lowest BCUT2D eigenvalue weighted by atomic mass is 10.1. The van der Waals surface area contributed by atoms with Crippen LogP contribution in [0.3, 0.4) is 0 Å². The molecule has 114 valence electrons. The monoisotopic (exact) mass is 297 g/mol. The molecule has 5 nitrogen and oxygen atoms in total. The number of amidine groups is 1. The molecule has 0 spiro atoms. The molecule has 0 saturated heterocycles. The minimum atomic E-state index is 0.390. The van der Waals surface area contributed by atoms with Crippen molar-refractivity contribution in [2.45, 2.75) is 13.0 Å². The van der Waals surface area contributed by atoms with Crippen LogP contribution >= 0.6 is 0 Å². The van der Waals surface area contributed by atoms with Crippen molar-refractivity contribution >= 4 is 5.84 Å². The van der Waals surface area contributed by atoms with E-state index in [0.717, 1.165) is 36.6 Å². The molecule has 0 bridgehead atoms. The van der Waals surface area contributed by atoms with Crippen LogP contribution in [0.15, 0.2) is 47.6 Å². The highest BCUT2D eigenvalue weighted by Crippen LogP contribution is 2.32. The number of rotatable bonds is 5. The number of ether oxygens (including phenoxy) is 2. The van der Waals surface area contributed by atoms with E-state index in [9.17, 15) is 0 Å². The number of hydrogen-bond acceptors (Lipinski definition) is 5. The fourth-order valence-corrected chi connectivity index (χ4v) is 2.35. The number of methoxy groups -OCH3 is 1. The Bertz CT molecular complexity index is 656. The molecule has 2 aromatic rings. The summed E-state index contributed by atoms with van der Waals surface area (Å²) in [5.74, 6) is 2.26. The second-order valence-corrected chi connectivity index (χ2v) is 4.96. The van der Waals surface area contributed by atoms with Crippen molar-refractivity contribution in [2.75, 3.05) is 20.2 Å². The smallest absolute Gasteiger partial charge is 0.172 e. The second-order valence-electron chi connectivity index (χ2n) is 4.96. The zero-order valence-corrected chi connectivity index (χ0v) is 12.6. The summed E-state index contributed by atoms with van der Waals surface area (Å²) < 4.78 is 11.4. The fourth-order valence-electron chi connectivity index (χ4n) is 2.35. The summed E-state index contributed by atoms with van der Waals surface area (Å²) in [6.45, 7) is 2.15. The van der Waals surface area contributed by atoms with Crippen LogP contribution in [0.25, 0.3) is 0 Å². The van der Waals surface area contributed by atoms with Gasteiger partial charge in [-0.25, -0.2) is 0 Å². The molecule has 22 heavy (non-hydrogen) atoms. The lowest BCUT2D eigenvalue weighted by molar-refractivity contribution is 0.280. The molecule has 1 N–H and O–H groups in total. The van der Waals surface area contributed by atoms with Crippen LogP contribution in [0.2, 0.25) is 0 Å². The Morgan fingerprint density at radius 1 is 1.18 bits per heavy atom. The van der Waals surface area contributed by atoms with Crippen molar-refractivity contribution in [1.82, 2.24) is 10.3 Å². The van der Waals surface area contributed by atoms with E-state index >= 15 is 0 Å². The molecule has 1 aromatic carbocycles. The van der Waals surface area contributed by atoms with E-state index in [-0.39, 0.29) is 0 Å². The van der Waals surface area contributed by atoms with Gasteiger partial charge in [0.25, 0.3) is 0 Å². The van der Waals surface area contributed by atoms with E-state index in [1.54, 1.807) is 13.3 Å². The van der Waals surface area contributed by atoms with Crippen LogP contribution in [0.5, 0.6) is 11.5 Å². The number of aromatic nitrogens is 1. The lowest BCUT2D eigenvalue weighted by Crippen LogP contribution is -2.30. The summed E-state index contributed by atoms with van der Waals surface area (Å²) in [6, 6.07) is 11.6.